The molecule has 3 aliphatic rings. The standard InChI is InChI=1S/C19H25N7O/c1-2-21-19-23-10-15-11-26(27,12-16-6-5-14(8-20)9-22-16)13-17-4-3-7-25(17)18(15)24-19/h5-6,9-10,17,19,21,23H,2-4,7,11-13H2,1H3/t17?,19-,26?/m0/s1. The molecule has 3 atom stereocenters. The van der Waals surface area contributed by atoms with E-state index in [0.717, 1.165) is 43.0 Å². The van der Waals surface area contributed by atoms with Crippen molar-refractivity contribution in [2.45, 2.75) is 38.6 Å². The molecule has 8 heteroatoms. The Balaban J connectivity index is 1.60. The van der Waals surface area contributed by atoms with E-state index in [0.29, 0.717) is 25.2 Å². The minimum atomic E-state index is -0.349. The molecular formula is C19H25N7O. The van der Waals surface area contributed by atoms with Crippen molar-refractivity contribution in [1.29, 1.82) is 5.26 Å². The fourth-order valence-electron chi connectivity index (χ4n) is 4.22. The zero-order chi connectivity index (χ0) is 18.9. The van der Waals surface area contributed by atoms with Crippen molar-refractivity contribution in [3.05, 3.63) is 46.6 Å². The average molecular weight is 367 g/mol. The second-order valence-electron chi connectivity index (χ2n) is 7.45. The van der Waals surface area contributed by atoms with Gasteiger partial charge < -0.3 is 20.1 Å². The van der Waals surface area contributed by atoms with Gasteiger partial charge in [-0.25, -0.2) is 4.99 Å². The molecule has 0 aliphatic carbocycles. The predicted octanol–water partition coefficient (Wildman–Crippen LogP) is 1.02. The topological polar surface area (TPSA) is 99.4 Å². The third-order valence-corrected chi connectivity index (χ3v) is 5.41. The summed E-state index contributed by atoms with van der Waals surface area (Å²) >= 11 is 0. The maximum Gasteiger partial charge on any atom is 0.175 e. The quantitative estimate of drug-likeness (QED) is 0.609. The molecule has 2 fully saturated rings. The van der Waals surface area contributed by atoms with Crippen molar-refractivity contribution in [1.82, 2.24) is 20.5 Å². The van der Waals surface area contributed by atoms with E-state index in [1.165, 1.54) is 6.20 Å². The number of nitriles is 1. The van der Waals surface area contributed by atoms with Crippen LogP contribution in [0, 0.1) is 16.5 Å². The van der Waals surface area contributed by atoms with E-state index >= 15 is 0 Å². The molecule has 0 amide bonds. The normalized spacial score (nSPS) is 29.6. The van der Waals surface area contributed by atoms with E-state index in [4.69, 9.17) is 10.3 Å². The predicted molar refractivity (Wildman–Crippen MR) is 102 cm³/mol. The van der Waals surface area contributed by atoms with Gasteiger partial charge in [-0.1, -0.05) is 6.92 Å². The maximum absolute atomic E-state index is 13.7. The maximum atomic E-state index is 13.7. The lowest BCUT2D eigenvalue weighted by Gasteiger charge is -2.43. The smallest absolute Gasteiger partial charge is 0.175 e. The van der Waals surface area contributed by atoms with Crippen LogP contribution in [0.4, 0.5) is 0 Å². The van der Waals surface area contributed by atoms with Crippen LogP contribution in [0.1, 0.15) is 31.0 Å². The summed E-state index contributed by atoms with van der Waals surface area (Å²) in [7, 11) is 0. The lowest BCUT2D eigenvalue weighted by molar-refractivity contribution is -0.890. The number of nitrogens with one attached hydrogen (secondary N) is 2. The van der Waals surface area contributed by atoms with Crippen LogP contribution < -0.4 is 10.6 Å². The molecule has 0 radical (unpaired) electrons. The number of hydrogen-bond acceptors (Lipinski definition) is 7. The van der Waals surface area contributed by atoms with Crippen LogP contribution in [-0.4, -0.2) is 58.9 Å². The third kappa shape index (κ3) is 3.67. The summed E-state index contributed by atoms with van der Waals surface area (Å²) in [6.07, 6.45) is 5.46. The number of hydrogen-bond donors (Lipinski definition) is 2. The van der Waals surface area contributed by atoms with Crippen LogP contribution in [0.15, 0.2) is 35.1 Å². The van der Waals surface area contributed by atoms with E-state index in [1.54, 1.807) is 12.1 Å². The molecule has 2 unspecified atom stereocenters. The van der Waals surface area contributed by atoms with Gasteiger partial charge in [0.1, 0.15) is 25.0 Å². The molecule has 1 aromatic heterocycles. The molecule has 3 aliphatic heterocycles. The Bertz CT molecular complexity index is 797. The molecular weight excluding hydrogens is 342 g/mol. The summed E-state index contributed by atoms with van der Waals surface area (Å²) in [5.74, 6) is 0.964. The van der Waals surface area contributed by atoms with Gasteiger partial charge in [-0.15, -0.1) is 0 Å². The van der Waals surface area contributed by atoms with Crippen LogP contribution in [0.3, 0.4) is 0 Å². The largest absolute Gasteiger partial charge is 0.632 e. The number of amidine groups is 1. The van der Waals surface area contributed by atoms with Crippen molar-refractivity contribution in [2.75, 3.05) is 26.2 Å². The summed E-state index contributed by atoms with van der Waals surface area (Å²) in [6.45, 7) is 5.04. The molecule has 142 valence electrons. The number of hydroxylamine groups is 3. The van der Waals surface area contributed by atoms with E-state index in [-0.39, 0.29) is 17.0 Å². The van der Waals surface area contributed by atoms with Crippen molar-refractivity contribution >= 4 is 5.84 Å². The average Bonchev–Trinajstić information content (AvgIpc) is 3.07. The Kier molecular flexibility index (Phi) is 4.83. The number of rotatable bonds is 4. The van der Waals surface area contributed by atoms with Gasteiger partial charge in [0.15, 0.2) is 6.29 Å². The fraction of sp³-hybridized carbons (Fsp3) is 0.526. The second-order valence-corrected chi connectivity index (χ2v) is 7.45. The Hall–Kier alpha value is -2.47. The van der Waals surface area contributed by atoms with Crippen molar-refractivity contribution in [3.8, 4) is 6.07 Å². The molecule has 8 nitrogen and oxygen atoms in total. The lowest BCUT2D eigenvalue weighted by atomic mass is 10.2. The lowest BCUT2D eigenvalue weighted by Crippen LogP contribution is -2.47. The molecule has 2 N–H and O–H groups in total. The first-order chi connectivity index (χ1) is 13.1. The summed E-state index contributed by atoms with van der Waals surface area (Å²) in [4.78, 5) is 11.5. The summed E-state index contributed by atoms with van der Waals surface area (Å²) in [6, 6.07) is 5.80. The number of quaternary nitrogens is 1. The molecule has 1 aromatic rings. The van der Waals surface area contributed by atoms with Gasteiger partial charge in [0.05, 0.1) is 29.4 Å². The molecule has 4 heterocycles. The highest BCUT2D eigenvalue weighted by molar-refractivity contribution is 5.99. The molecule has 0 bridgehead atoms. The summed E-state index contributed by atoms with van der Waals surface area (Å²) in [5, 5.41) is 29.2. The summed E-state index contributed by atoms with van der Waals surface area (Å²) in [5.41, 5.74) is 2.21. The highest BCUT2D eigenvalue weighted by atomic mass is 16.5. The van der Waals surface area contributed by atoms with Gasteiger partial charge in [-0.05, 0) is 31.5 Å². The zero-order valence-electron chi connectivity index (χ0n) is 15.6. The first kappa shape index (κ1) is 17.9. The van der Waals surface area contributed by atoms with Crippen molar-refractivity contribution < 1.29 is 4.65 Å². The number of aromatic nitrogens is 1. The van der Waals surface area contributed by atoms with Crippen LogP contribution in [0.5, 0.6) is 0 Å². The van der Waals surface area contributed by atoms with Gasteiger partial charge >= 0.3 is 0 Å². The Morgan fingerprint density at radius 3 is 3.11 bits per heavy atom. The Morgan fingerprint density at radius 1 is 1.48 bits per heavy atom. The van der Waals surface area contributed by atoms with E-state index in [2.05, 4.69) is 33.5 Å². The molecule has 4 rings (SSSR count). The van der Waals surface area contributed by atoms with Gasteiger partial charge in [0, 0.05) is 18.9 Å². The Morgan fingerprint density at radius 2 is 2.37 bits per heavy atom. The fourth-order valence-corrected chi connectivity index (χ4v) is 4.22. The van der Waals surface area contributed by atoms with E-state index < -0.39 is 0 Å². The number of nitrogens with zero attached hydrogens (tertiary/aromatic N) is 5. The van der Waals surface area contributed by atoms with Crippen LogP contribution >= 0.6 is 0 Å². The van der Waals surface area contributed by atoms with Gasteiger partial charge in [-0.2, -0.15) is 5.26 Å². The first-order valence-electron chi connectivity index (χ1n) is 9.55. The molecule has 0 aromatic carbocycles. The van der Waals surface area contributed by atoms with Crippen LogP contribution in [-0.2, 0) is 6.54 Å². The Labute approximate surface area is 159 Å². The molecule has 2 saturated heterocycles. The molecule has 0 saturated carbocycles. The minimum absolute atomic E-state index is 0.137. The number of aliphatic imine (C=N–C) groups is 1. The van der Waals surface area contributed by atoms with Crippen molar-refractivity contribution in [2.24, 2.45) is 4.99 Å². The van der Waals surface area contributed by atoms with Gasteiger partial charge in [-0.3, -0.25) is 10.3 Å². The van der Waals surface area contributed by atoms with E-state index in [1.807, 2.05) is 6.20 Å². The van der Waals surface area contributed by atoms with Crippen molar-refractivity contribution in [3.63, 3.8) is 0 Å². The highest BCUT2D eigenvalue weighted by Gasteiger charge is 2.40. The van der Waals surface area contributed by atoms with Crippen LogP contribution in [0.25, 0.3) is 0 Å². The number of pyridine rings is 1. The minimum Gasteiger partial charge on any atom is -0.632 e. The second kappa shape index (κ2) is 7.27. The third-order valence-electron chi connectivity index (χ3n) is 5.41. The molecule has 27 heavy (non-hydrogen) atoms. The SMILES string of the molecule is CCN[C@@H]1N=C2C(=CN1)C[N+]([O-])(Cc1ccc(C#N)cn1)CC1CCCN21. The monoisotopic (exact) mass is 367 g/mol. The van der Waals surface area contributed by atoms with Gasteiger partial charge in [0.2, 0.25) is 0 Å². The zero-order valence-corrected chi connectivity index (χ0v) is 15.6. The molecule has 0 spiro atoms. The highest BCUT2D eigenvalue weighted by Crippen LogP contribution is 2.30. The van der Waals surface area contributed by atoms with Gasteiger partial charge in [0.25, 0.3) is 0 Å². The first-order valence-corrected chi connectivity index (χ1v) is 9.55. The number of fused-ring (bicyclic) bond motifs is 3. The van der Waals surface area contributed by atoms with E-state index in [9.17, 15) is 5.21 Å². The summed E-state index contributed by atoms with van der Waals surface area (Å²) < 4.78 is -0.349. The van der Waals surface area contributed by atoms with Crippen LogP contribution in [0.2, 0.25) is 0 Å².